The molecule has 2 amide bonds. The van der Waals surface area contributed by atoms with Crippen LogP contribution in [0, 0.1) is 5.82 Å². The van der Waals surface area contributed by atoms with Crippen LogP contribution in [0.4, 0.5) is 9.18 Å². The van der Waals surface area contributed by atoms with Gasteiger partial charge in [0.1, 0.15) is 11.6 Å². The number of halogens is 1. The molecule has 2 aliphatic rings. The van der Waals surface area contributed by atoms with Gasteiger partial charge in [0.25, 0.3) is 0 Å². The van der Waals surface area contributed by atoms with Gasteiger partial charge in [-0.05, 0) is 30.5 Å². The zero-order chi connectivity index (χ0) is 13.9. The minimum absolute atomic E-state index is 0.0502. The van der Waals surface area contributed by atoms with Crippen LogP contribution in [0.1, 0.15) is 17.5 Å². The van der Waals surface area contributed by atoms with Crippen molar-refractivity contribution in [2.75, 3.05) is 26.4 Å². The largest absolute Gasteiger partial charge is 0.467 e. The number of benzene rings is 1. The molecule has 1 aromatic carbocycles. The molecule has 0 atom stereocenters. The van der Waals surface area contributed by atoms with Gasteiger partial charge >= 0.3 is 6.03 Å². The fraction of sp³-hybridized carbons (Fsp3) is 0.500. The first-order valence-electron chi connectivity index (χ1n) is 6.78. The zero-order valence-corrected chi connectivity index (χ0v) is 11.2. The van der Waals surface area contributed by atoms with Crippen molar-refractivity contribution in [3.8, 4) is 5.75 Å². The van der Waals surface area contributed by atoms with Crippen molar-refractivity contribution in [3.63, 3.8) is 0 Å². The topological polar surface area (TPSA) is 50.8 Å². The quantitative estimate of drug-likeness (QED) is 0.916. The third-order valence-corrected chi connectivity index (χ3v) is 3.57. The summed E-state index contributed by atoms with van der Waals surface area (Å²) in [5, 5.41) is 2.84. The number of fused-ring (bicyclic) bond motifs is 1. The molecule has 2 heterocycles. The van der Waals surface area contributed by atoms with Crippen LogP contribution >= 0.6 is 0 Å². The summed E-state index contributed by atoms with van der Waals surface area (Å²) < 4.78 is 24.1. The number of hydrogen-bond donors (Lipinski definition) is 1. The van der Waals surface area contributed by atoms with E-state index in [0.717, 1.165) is 30.6 Å². The Morgan fingerprint density at radius 3 is 3.00 bits per heavy atom. The summed E-state index contributed by atoms with van der Waals surface area (Å²) in [6, 6.07) is 2.84. The number of ether oxygens (including phenoxy) is 2. The molecular formula is C14H17FN2O3. The maximum Gasteiger partial charge on any atom is 0.317 e. The van der Waals surface area contributed by atoms with E-state index in [4.69, 9.17) is 9.47 Å². The predicted octanol–water partition coefficient (Wildman–Crippen LogP) is 1.65. The van der Waals surface area contributed by atoms with Gasteiger partial charge in [-0.3, -0.25) is 0 Å². The van der Waals surface area contributed by atoms with Gasteiger partial charge in [-0.2, -0.15) is 0 Å². The molecule has 1 N–H and O–H groups in total. The van der Waals surface area contributed by atoms with Gasteiger partial charge in [0.15, 0.2) is 6.79 Å². The maximum absolute atomic E-state index is 13.5. The van der Waals surface area contributed by atoms with Crippen molar-refractivity contribution >= 4 is 6.03 Å². The molecule has 2 aliphatic heterocycles. The van der Waals surface area contributed by atoms with Crippen LogP contribution < -0.4 is 10.1 Å². The van der Waals surface area contributed by atoms with E-state index in [-0.39, 0.29) is 18.6 Å². The van der Waals surface area contributed by atoms with Gasteiger partial charge in [-0.25, -0.2) is 9.18 Å². The van der Waals surface area contributed by atoms with E-state index in [0.29, 0.717) is 25.3 Å². The first kappa shape index (κ1) is 13.2. The summed E-state index contributed by atoms with van der Waals surface area (Å²) in [6.45, 7) is 2.66. The standard InChI is InChI=1S/C14H17FN2O3/c15-12-6-10(13-11(7-12)8-19-9-20-13)2-3-16-14(18)17-4-1-5-17/h6-7H,1-5,8-9H2,(H,16,18). The summed E-state index contributed by atoms with van der Waals surface area (Å²) in [7, 11) is 0. The first-order valence-corrected chi connectivity index (χ1v) is 6.78. The summed E-state index contributed by atoms with van der Waals surface area (Å²) in [5.41, 5.74) is 1.49. The van der Waals surface area contributed by atoms with E-state index in [2.05, 4.69) is 5.32 Å². The Balaban J connectivity index is 1.61. The minimum atomic E-state index is -0.304. The highest BCUT2D eigenvalue weighted by Crippen LogP contribution is 2.29. The normalized spacial score (nSPS) is 16.9. The lowest BCUT2D eigenvalue weighted by Crippen LogP contribution is -2.48. The number of likely N-dealkylation sites (tertiary alicyclic amines) is 1. The number of rotatable bonds is 3. The second kappa shape index (κ2) is 5.66. The minimum Gasteiger partial charge on any atom is -0.467 e. The molecule has 0 aliphatic carbocycles. The zero-order valence-electron chi connectivity index (χ0n) is 11.2. The van der Waals surface area contributed by atoms with Gasteiger partial charge in [0, 0.05) is 25.2 Å². The molecule has 0 bridgehead atoms. The first-order chi connectivity index (χ1) is 9.74. The van der Waals surface area contributed by atoms with E-state index < -0.39 is 0 Å². The van der Waals surface area contributed by atoms with Crippen LogP contribution in [0.5, 0.6) is 5.75 Å². The van der Waals surface area contributed by atoms with Crippen LogP contribution in [0.3, 0.4) is 0 Å². The number of urea groups is 1. The second-order valence-corrected chi connectivity index (χ2v) is 4.99. The summed E-state index contributed by atoms with van der Waals surface area (Å²) in [4.78, 5) is 13.4. The van der Waals surface area contributed by atoms with E-state index in [1.54, 1.807) is 4.90 Å². The van der Waals surface area contributed by atoms with Gasteiger partial charge < -0.3 is 19.7 Å². The Labute approximate surface area is 116 Å². The highest BCUT2D eigenvalue weighted by atomic mass is 19.1. The Kier molecular flexibility index (Phi) is 3.73. The molecule has 1 aromatic rings. The van der Waals surface area contributed by atoms with E-state index in [9.17, 15) is 9.18 Å². The van der Waals surface area contributed by atoms with Crippen LogP contribution in [-0.2, 0) is 17.8 Å². The molecule has 3 rings (SSSR count). The van der Waals surface area contributed by atoms with E-state index in [1.165, 1.54) is 12.1 Å². The average molecular weight is 280 g/mol. The van der Waals surface area contributed by atoms with Crippen molar-refractivity contribution in [2.45, 2.75) is 19.4 Å². The van der Waals surface area contributed by atoms with Crippen LogP contribution in [0.15, 0.2) is 12.1 Å². The Bertz CT molecular complexity index is 517. The highest BCUT2D eigenvalue weighted by Gasteiger charge is 2.20. The van der Waals surface area contributed by atoms with E-state index >= 15 is 0 Å². The molecule has 1 fully saturated rings. The highest BCUT2D eigenvalue weighted by molar-refractivity contribution is 5.74. The Morgan fingerprint density at radius 1 is 1.40 bits per heavy atom. The van der Waals surface area contributed by atoms with E-state index in [1.807, 2.05) is 0 Å². The van der Waals surface area contributed by atoms with Crippen molar-refractivity contribution in [1.82, 2.24) is 10.2 Å². The molecule has 0 aromatic heterocycles. The van der Waals surface area contributed by atoms with Crippen molar-refractivity contribution < 1.29 is 18.7 Å². The van der Waals surface area contributed by atoms with Gasteiger partial charge in [0.2, 0.25) is 0 Å². The van der Waals surface area contributed by atoms with Crippen molar-refractivity contribution in [3.05, 3.63) is 29.1 Å². The maximum atomic E-state index is 13.5. The molecule has 0 spiro atoms. The number of carbonyl (C=O) groups is 1. The second-order valence-electron chi connectivity index (χ2n) is 4.99. The monoisotopic (exact) mass is 280 g/mol. The molecule has 108 valence electrons. The van der Waals surface area contributed by atoms with Gasteiger partial charge in [-0.15, -0.1) is 0 Å². The molecule has 0 saturated carbocycles. The lowest BCUT2D eigenvalue weighted by molar-refractivity contribution is -0.0172. The van der Waals surface area contributed by atoms with Gasteiger partial charge in [-0.1, -0.05) is 0 Å². The van der Waals surface area contributed by atoms with Gasteiger partial charge in [0.05, 0.1) is 6.61 Å². The molecule has 5 nitrogen and oxygen atoms in total. The summed E-state index contributed by atoms with van der Waals surface area (Å²) in [6.07, 6.45) is 1.61. The molecule has 20 heavy (non-hydrogen) atoms. The number of hydrogen-bond acceptors (Lipinski definition) is 3. The molecule has 1 saturated heterocycles. The molecule has 0 unspecified atom stereocenters. The van der Waals surface area contributed by atoms with Crippen molar-refractivity contribution in [2.24, 2.45) is 0 Å². The molecule has 6 heteroatoms. The van der Waals surface area contributed by atoms with Crippen LogP contribution in [-0.4, -0.2) is 37.4 Å². The third kappa shape index (κ3) is 2.70. The SMILES string of the molecule is O=C(NCCc1cc(F)cc2c1OCOC2)N1CCC1. The van der Waals surface area contributed by atoms with Crippen LogP contribution in [0.2, 0.25) is 0 Å². The third-order valence-electron chi connectivity index (χ3n) is 3.57. The average Bonchev–Trinajstić information content (AvgIpc) is 2.36. The number of nitrogens with zero attached hydrogens (tertiary/aromatic N) is 1. The predicted molar refractivity (Wildman–Crippen MR) is 70.0 cm³/mol. The number of amides is 2. The Morgan fingerprint density at radius 2 is 2.25 bits per heavy atom. The Hall–Kier alpha value is -1.82. The fourth-order valence-electron chi connectivity index (χ4n) is 2.38. The summed E-state index contributed by atoms with van der Waals surface area (Å²) in [5.74, 6) is 0.387. The number of carbonyl (C=O) groups excluding carboxylic acids is 1. The summed E-state index contributed by atoms with van der Waals surface area (Å²) >= 11 is 0. The lowest BCUT2D eigenvalue weighted by Gasteiger charge is -2.30. The molecular weight excluding hydrogens is 263 g/mol. The van der Waals surface area contributed by atoms with Crippen molar-refractivity contribution in [1.29, 1.82) is 0 Å². The number of nitrogens with one attached hydrogen (secondary N) is 1. The molecule has 0 radical (unpaired) electrons. The fourth-order valence-corrected chi connectivity index (χ4v) is 2.38. The lowest BCUT2D eigenvalue weighted by atomic mass is 10.1. The smallest absolute Gasteiger partial charge is 0.317 e. The van der Waals surface area contributed by atoms with Crippen LogP contribution in [0.25, 0.3) is 0 Å².